The summed E-state index contributed by atoms with van der Waals surface area (Å²) >= 11 is 0. The molecule has 0 aliphatic heterocycles. The molecule has 1 heterocycles. The van der Waals surface area contributed by atoms with Crippen molar-refractivity contribution in [3.63, 3.8) is 0 Å². The molecule has 0 atom stereocenters. The molecule has 1 aromatic heterocycles. The van der Waals surface area contributed by atoms with Crippen molar-refractivity contribution in [1.82, 2.24) is 5.32 Å². The van der Waals surface area contributed by atoms with Crippen LogP contribution in [0.3, 0.4) is 0 Å². The van der Waals surface area contributed by atoms with Crippen LogP contribution >= 0.6 is 0 Å². The second kappa shape index (κ2) is 5.90. The van der Waals surface area contributed by atoms with Gasteiger partial charge in [-0.3, -0.25) is 4.79 Å². The molecule has 0 spiro atoms. The van der Waals surface area contributed by atoms with Crippen LogP contribution in [0.25, 0.3) is 11.0 Å². The Balaban J connectivity index is 1.67. The van der Waals surface area contributed by atoms with Crippen LogP contribution in [0.2, 0.25) is 0 Å². The monoisotopic (exact) mass is 287 g/mol. The number of furan rings is 1. The lowest BCUT2D eigenvalue weighted by atomic mass is 9.86. The van der Waals surface area contributed by atoms with Crippen molar-refractivity contribution in [3.05, 3.63) is 35.6 Å². The van der Waals surface area contributed by atoms with Gasteiger partial charge in [0.25, 0.3) is 5.91 Å². The molecule has 0 bridgehead atoms. The maximum absolute atomic E-state index is 12.3. The third kappa shape index (κ3) is 3.10. The van der Waals surface area contributed by atoms with E-state index in [-0.39, 0.29) is 18.6 Å². The van der Waals surface area contributed by atoms with Crippen molar-refractivity contribution in [3.8, 4) is 0 Å². The molecular weight excluding hydrogens is 266 g/mol. The number of aryl methyl sites for hydroxylation is 1. The molecule has 0 unspecified atom stereocenters. The molecule has 2 N–H and O–H groups in total. The minimum atomic E-state index is -0.142. The summed E-state index contributed by atoms with van der Waals surface area (Å²) in [5, 5.41) is 13.1. The molecule has 4 nitrogen and oxygen atoms in total. The van der Waals surface area contributed by atoms with Gasteiger partial charge in [-0.25, -0.2) is 0 Å². The molecule has 4 heteroatoms. The van der Waals surface area contributed by atoms with Crippen molar-refractivity contribution in [2.75, 3.05) is 6.61 Å². The molecule has 0 radical (unpaired) electrons. The van der Waals surface area contributed by atoms with E-state index < -0.39 is 0 Å². The Hall–Kier alpha value is -1.81. The quantitative estimate of drug-likeness (QED) is 0.912. The summed E-state index contributed by atoms with van der Waals surface area (Å²) in [7, 11) is 0. The topological polar surface area (TPSA) is 62.5 Å². The largest absolute Gasteiger partial charge is 0.451 e. The fourth-order valence-electron chi connectivity index (χ4n) is 3.02. The Bertz CT molecular complexity index is 639. The van der Waals surface area contributed by atoms with Crippen molar-refractivity contribution < 1.29 is 14.3 Å². The van der Waals surface area contributed by atoms with E-state index in [4.69, 9.17) is 9.52 Å². The van der Waals surface area contributed by atoms with Crippen LogP contribution in [0.5, 0.6) is 0 Å². The first-order valence-electron chi connectivity index (χ1n) is 7.57. The maximum Gasteiger partial charge on any atom is 0.287 e. The minimum Gasteiger partial charge on any atom is -0.451 e. The molecular formula is C17H21NO3. The van der Waals surface area contributed by atoms with Gasteiger partial charge >= 0.3 is 0 Å². The lowest BCUT2D eigenvalue weighted by molar-refractivity contribution is 0.0888. The van der Waals surface area contributed by atoms with Crippen molar-refractivity contribution in [2.45, 2.75) is 38.6 Å². The predicted octanol–water partition coefficient (Wildman–Crippen LogP) is 3.02. The fraction of sp³-hybridized carbons (Fsp3) is 0.471. The molecule has 1 aromatic carbocycles. The van der Waals surface area contributed by atoms with E-state index in [0.29, 0.717) is 11.7 Å². The summed E-state index contributed by atoms with van der Waals surface area (Å²) in [5.41, 5.74) is 1.90. The van der Waals surface area contributed by atoms with Crippen molar-refractivity contribution in [2.24, 2.45) is 5.92 Å². The Labute approximate surface area is 124 Å². The summed E-state index contributed by atoms with van der Waals surface area (Å²) in [6.45, 7) is 2.27. The van der Waals surface area contributed by atoms with Gasteiger partial charge in [-0.1, -0.05) is 11.6 Å². The number of carbonyl (C=O) groups excluding carboxylic acids is 1. The van der Waals surface area contributed by atoms with Crippen molar-refractivity contribution >= 4 is 16.9 Å². The minimum absolute atomic E-state index is 0.142. The molecule has 1 amide bonds. The van der Waals surface area contributed by atoms with Crippen LogP contribution in [0.1, 0.15) is 41.8 Å². The van der Waals surface area contributed by atoms with Gasteiger partial charge in [-0.15, -0.1) is 0 Å². The number of rotatable bonds is 3. The highest BCUT2D eigenvalue weighted by Crippen LogP contribution is 2.25. The van der Waals surface area contributed by atoms with E-state index in [9.17, 15) is 4.79 Å². The molecule has 1 saturated carbocycles. The fourth-order valence-corrected chi connectivity index (χ4v) is 3.02. The number of hydrogen-bond donors (Lipinski definition) is 2. The first-order valence-corrected chi connectivity index (χ1v) is 7.57. The standard InChI is InChI=1S/C17H21NO3/c1-11-2-7-15-13(8-11)9-16(21-15)17(20)18-14-5-3-12(10-19)4-6-14/h2,7-9,12,14,19H,3-6,10H2,1H3,(H,18,20). The predicted molar refractivity (Wildman–Crippen MR) is 81.2 cm³/mol. The number of nitrogens with one attached hydrogen (secondary N) is 1. The number of amides is 1. The van der Waals surface area contributed by atoms with Crippen LogP contribution in [0.4, 0.5) is 0 Å². The third-order valence-electron chi connectivity index (χ3n) is 4.34. The van der Waals surface area contributed by atoms with Gasteiger partial charge in [-0.2, -0.15) is 0 Å². The second-order valence-corrected chi connectivity index (χ2v) is 6.03. The Morgan fingerprint density at radius 1 is 1.29 bits per heavy atom. The number of benzene rings is 1. The van der Waals surface area contributed by atoms with Crippen LogP contribution in [-0.2, 0) is 0 Å². The molecule has 0 saturated heterocycles. The summed E-state index contributed by atoms with van der Waals surface area (Å²) in [4.78, 5) is 12.3. The molecule has 21 heavy (non-hydrogen) atoms. The van der Waals surface area contributed by atoms with E-state index in [0.717, 1.165) is 42.2 Å². The lowest BCUT2D eigenvalue weighted by Gasteiger charge is -2.27. The zero-order valence-electron chi connectivity index (χ0n) is 12.3. The molecule has 1 fully saturated rings. The van der Waals surface area contributed by atoms with Crippen molar-refractivity contribution in [1.29, 1.82) is 0 Å². The summed E-state index contributed by atoms with van der Waals surface area (Å²) in [6.07, 6.45) is 3.80. The SMILES string of the molecule is Cc1ccc2oc(C(=O)NC3CCC(CO)CC3)cc2c1. The highest BCUT2D eigenvalue weighted by atomic mass is 16.3. The smallest absolute Gasteiger partial charge is 0.287 e. The average Bonchev–Trinajstić information content (AvgIpc) is 2.91. The van der Waals surface area contributed by atoms with Gasteiger partial charge < -0.3 is 14.8 Å². The Morgan fingerprint density at radius 2 is 2.05 bits per heavy atom. The normalized spacial score (nSPS) is 22.4. The number of hydrogen-bond acceptors (Lipinski definition) is 3. The zero-order chi connectivity index (χ0) is 14.8. The van der Waals surface area contributed by atoms with E-state index in [2.05, 4.69) is 5.32 Å². The average molecular weight is 287 g/mol. The van der Waals surface area contributed by atoms with Gasteiger partial charge in [0.05, 0.1) is 0 Å². The van der Waals surface area contributed by atoms with Crippen LogP contribution < -0.4 is 5.32 Å². The van der Waals surface area contributed by atoms with E-state index in [1.54, 1.807) is 6.07 Å². The highest BCUT2D eigenvalue weighted by Gasteiger charge is 2.23. The number of carbonyl (C=O) groups is 1. The van der Waals surface area contributed by atoms with Gasteiger partial charge in [0.15, 0.2) is 5.76 Å². The van der Waals surface area contributed by atoms with Gasteiger partial charge in [0, 0.05) is 18.0 Å². The van der Waals surface area contributed by atoms with Gasteiger partial charge in [0.2, 0.25) is 0 Å². The van der Waals surface area contributed by atoms with E-state index in [1.807, 2.05) is 25.1 Å². The van der Waals surface area contributed by atoms with E-state index >= 15 is 0 Å². The van der Waals surface area contributed by atoms with Crippen LogP contribution in [-0.4, -0.2) is 23.7 Å². The molecule has 3 rings (SSSR count). The molecule has 2 aromatic rings. The zero-order valence-corrected chi connectivity index (χ0v) is 12.3. The maximum atomic E-state index is 12.3. The van der Waals surface area contributed by atoms with Crippen LogP contribution in [0.15, 0.2) is 28.7 Å². The summed E-state index contributed by atoms with van der Waals surface area (Å²) in [6, 6.07) is 7.88. The first-order chi connectivity index (χ1) is 10.2. The van der Waals surface area contributed by atoms with Gasteiger partial charge in [0.1, 0.15) is 5.58 Å². The number of fused-ring (bicyclic) bond motifs is 1. The van der Waals surface area contributed by atoms with E-state index in [1.165, 1.54) is 0 Å². The first kappa shape index (κ1) is 14.1. The Morgan fingerprint density at radius 3 is 2.76 bits per heavy atom. The second-order valence-electron chi connectivity index (χ2n) is 6.03. The van der Waals surface area contributed by atoms with Gasteiger partial charge in [-0.05, 0) is 56.7 Å². The van der Waals surface area contributed by atoms with Crippen LogP contribution in [0, 0.1) is 12.8 Å². The molecule has 112 valence electrons. The molecule has 1 aliphatic rings. The summed E-state index contributed by atoms with van der Waals surface area (Å²) in [5.74, 6) is 0.628. The number of aliphatic hydroxyl groups is 1. The Kier molecular flexibility index (Phi) is 3.97. The third-order valence-corrected chi connectivity index (χ3v) is 4.34. The number of aliphatic hydroxyl groups excluding tert-OH is 1. The highest BCUT2D eigenvalue weighted by molar-refractivity contribution is 5.96. The summed E-state index contributed by atoms with van der Waals surface area (Å²) < 4.78 is 5.62. The molecule has 1 aliphatic carbocycles. The lowest BCUT2D eigenvalue weighted by Crippen LogP contribution is -2.37.